The minimum Gasteiger partial charge on any atom is -0.467 e. The van der Waals surface area contributed by atoms with Crippen LogP contribution in [0.25, 0.3) is 10.9 Å². The lowest BCUT2D eigenvalue weighted by molar-refractivity contribution is -0.127. The van der Waals surface area contributed by atoms with Gasteiger partial charge in [0.25, 0.3) is 11.5 Å². The lowest BCUT2D eigenvalue weighted by Gasteiger charge is -2.16. The molecular formula is C23H26N4O5S. The van der Waals surface area contributed by atoms with E-state index in [4.69, 9.17) is 9.15 Å². The number of thioether (sulfide) groups is 1. The standard InChI is InChI=1S/C23H26N4O5S/c1-31-12-8-24-21(29)16-6-7-18-19(13-16)25-23(33-15-20(28)26-9-2-3-10-26)27(22(18)30)14-17-5-4-11-32-17/h4-7,11,13H,2-3,8-10,12,14-15H2,1H3,(H,24,29). The zero-order valence-electron chi connectivity index (χ0n) is 18.4. The van der Waals surface area contributed by atoms with E-state index in [1.165, 1.54) is 16.3 Å². The van der Waals surface area contributed by atoms with Crippen LogP contribution in [-0.4, -0.2) is 65.4 Å². The Hall–Kier alpha value is -3.11. The van der Waals surface area contributed by atoms with E-state index in [1.54, 1.807) is 43.7 Å². The Morgan fingerprint density at radius 1 is 1.24 bits per heavy atom. The number of methoxy groups -OCH3 is 1. The van der Waals surface area contributed by atoms with Crippen LogP contribution in [0.3, 0.4) is 0 Å². The molecule has 1 aromatic carbocycles. The van der Waals surface area contributed by atoms with Crippen molar-refractivity contribution in [1.29, 1.82) is 0 Å². The van der Waals surface area contributed by atoms with Crippen molar-refractivity contribution in [3.05, 3.63) is 58.3 Å². The van der Waals surface area contributed by atoms with Crippen LogP contribution < -0.4 is 10.9 Å². The predicted molar refractivity (Wildman–Crippen MR) is 125 cm³/mol. The number of carbonyl (C=O) groups excluding carboxylic acids is 2. The first kappa shape index (κ1) is 23.1. The number of likely N-dealkylation sites (tertiary alicyclic amines) is 1. The summed E-state index contributed by atoms with van der Waals surface area (Å²) in [5, 5.41) is 3.57. The maximum absolute atomic E-state index is 13.3. The normalized spacial score (nSPS) is 13.5. The molecule has 1 aliphatic rings. The first-order chi connectivity index (χ1) is 16.1. The van der Waals surface area contributed by atoms with Gasteiger partial charge in [0.05, 0.1) is 36.1 Å². The van der Waals surface area contributed by atoms with Crippen LogP contribution in [-0.2, 0) is 16.1 Å². The van der Waals surface area contributed by atoms with Crippen molar-refractivity contribution in [3.63, 3.8) is 0 Å². The Labute approximate surface area is 195 Å². The number of benzene rings is 1. The Bertz CT molecular complexity index is 1190. The number of ether oxygens (including phenoxy) is 1. The van der Waals surface area contributed by atoms with Gasteiger partial charge >= 0.3 is 0 Å². The second kappa shape index (κ2) is 10.7. The highest BCUT2D eigenvalue weighted by Crippen LogP contribution is 2.21. The molecule has 3 heterocycles. The van der Waals surface area contributed by atoms with Crippen LogP contribution in [0.5, 0.6) is 0 Å². The summed E-state index contributed by atoms with van der Waals surface area (Å²) < 4.78 is 11.9. The van der Waals surface area contributed by atoms with E-state index in [-0.39, 0.29) is 29.7 Å². The Kier molecular flexibility index (Phi) is 7.46. The fourth-order valence-corrected chi connectivity index (χ4v) is 4.60. The molecule has 0 atom stereocenters. The highest BCUT2D eigenvalue weighted by Gasteiger charge is 2.20. The average Bonchev–Trinajstić information content (AvgIpc) is 3.54. The fourth-order valence-electron chi connectivity index (χ4n) is 3.70. The van der Waals surface area contributed by atoms with Gasteiger partial charge in [-0.05, 0) is 43.2 Å². The molecule has 0 spiro atoms. The molecule has 33 heavy (non-hydrogen) atoms. The fraction of sp³-hybridized carbons (Fsp3) is 0.391. The summed E-state index contributed by atoms with van der Waals surface area (Å²) in [6.45, 7) is 2.52. The number of nitrogens with one attached hydrogen (secondary N) is 1. The van der Waals surface area contributed by atoms with Gasteiger partial charge in [-0.15, -0.1) is 0 Å². The van der Waals surface area contributed by atoms with Crippen LogP contribution >= 0.6 is 11.8 Å². The summed E-state index contributed by atoms with van der Waals surface area (Å²) in [5.41, 5.74) is 0.559. The molecule has 2 amide bonds. The average molecular weight is 471 g/mol. The van der Waals surface area contributed by atoms with E-state index >= 15 is 0 Å². The maximum Gasteiger partial charge on any atom is 0.262 e. The van der Waals surface area contributed by atoms with E-state index in [0.717, 1.165) is 25.9 Å². The predicted octanol–water partition coefficient (Wildman–Crippen LogP) is 2.13. The van der Waals surface area contributed by atoms with Gasteiger partial charge in [0.2, 0.25) is 5.91 Å². The molecule has 4 rings (SSSR count). The molecule has 1 saturated heterocycles. The molecule has 0 radical (unpaired) electrons. The van der Waals surface area contributed by atoms with Crippen molar-refractivity contribution in [2.75, 3.05) is 39.1 Å². The first-order valence-electron chi connectivity index (χ1n) is 10.8. The maximum atomic E-state index is 13.3. The van der Waals surface area contributed by atoms with Crippen LogP contribution in [0.4, 0.5) is 0 Å². The molecule has 1 fully saturated rings. The molecule has 0 aliphatic carbocycles. The van der Waals surface area contributed by atoms with E-state index in [0.29, 0.717) is 40.5 Å². The number of rotatable bonds is 9. The minimum absolute atomic E-state index is 0.0302. The number of hydrogen-bond donors (Lipinski definition) is 1. The Morgan fingerprint density at radius 3 is 2.79 bits per heavy atom. The van der Waals surface area contributed by atoms with Gasteiger partial charge in [0, 0.05) is 32.3 Å². The highest BCUT2D eigenvalue weighted by molar-refractivity contribution is 7.99. The number of carbonyl (C=O) groups is 2. The highest BCUT2D eigenvalue weighted by atomic mass is 32.2. The zero-order chi connectivity index (χ0) is 23.2. The summed E-state index contributed by atoms with van der Waals surface area (Å²) in [6.07, 6.45) is 3.58. The number of hydrogen-bond acceptors (Lipinski definition) is 7. The van der Waals surface area contributed by atoms with E-state index in [2.05, 4.69) is 10.3 Å². The molecule has 0 saturated carbocycles. The Balaban J connectivity index is 1.65. The second-order valence-electron chi connectivity index (χ2n) is 7.72. The summed E-state index contributed by atoms with van der Waals surface area (Å²) in [4.78, 5) is 44.8. The number of nitrogens with zero attached hydrogens (tertiary/aromatic N) is 3. The number of fused-ring (bicyclic) bond motifs is 1. The van der Waals surface area contributed by atoms with Gasteiger partial charge < -0.3 is 19.4 Å². The van der Waals surface area contributed by atoms with E-state index in [1.807, 2.05) is 4.90 Å². The molecule has 2 aromatic heterocycles. The zero-order valence-corrected chi connectivity index (χ0v) is 19.2. The summed E-state index contributed by atoms with van der Waals surface area (Å²) >= 11 is 1.23. The molecular weight excluding hydrogens is 444 g/mol. The monoisotopic (exact) mass is 470 g/mol. The van der Waals surface area contributed by atoms with Gasteiger partial charge in [-0.2, -0.15) is 0 Å². The van der Waals surface area contributed by atoms with Gasteiger partial charge in [0.15, 0.2) is 5.16 Å². The molecule has 3 aromatic rings. The number of amides is 2. The van der Waals surface area contributed by atoms with Crippen LogP contribution in [0, 0.1) is 0 Å². The van der Waals surface area contributed by atoms with Gasteiger partial charge in [0.1, 0.15) is 5.76 Å². The molecule has 0 bridgehead atoms. The van der Waals surface area contributed by atoms with Crippen molar-refractivity contribution in [3.8, 4) is 0 Å². The van der Waals surface area contributed by atoms with Gasteiger partial charge in [-0.25, -0.2) is 4.98 Å². The van der Waals surface area contributed by atoms with Crippen LogP contribution in [0.2, 0.25) is 0 Å². The van der Waals surface area contributed by atoms with Crippen molar-refractivity contribution in [1.82, 2.24) is 19.8 Å². The molecule has 1 N–H and O–H groups in total. The first-order valence-corrected chi connectivity index (χ1v) is 11.8. The topological polar surface area (TPSA) is 107 Å². The molecule has 1 aliphatic heterocycles. The third-order valence-electron chi connectivity index (χ3n) is 5.45. The summed E-state index contributed by atoms with van der Waals surface area (Å²) in [6, 6.07) is 8.36. The van der Waals surface area contributed by atoms with Crippen LogP contribution in [0.15, 0.2) is 51.0 Å². The summed E-state index contributed by atoms with van der Waals surface area (Å²) in [5.74, 6) is 0.560. The van der Waals surface area contributed by atoms with E-state index in [9.17, 15) is 14.4 Å². The van der Waals surface area contributed by atoms with Crippen molar-refractivity contribution >= 4 is 34.5 Å². The van der Waals surface area contributed by atoms with E-state index < -0.39 is 0 Å². The van der Waals surface area contributed by atoms with Crippen molar-refractivity contribution < 1.29 is 18.7 Å². The third kappa shape index (κ3) is 5.45. The summed E-state index contributed by atoms with van der Waals surface area (Å²) in [7, 11) is 1.56. The minimum atomic E-state index is -0.270. The molecule has 9 nitrogen and oxygen atoms in total. The van der Waals surface area contributed by atoms with Crippen molar-refractivity contribution in [2.24, 2.45) is 0 Å². The lowest BCUT2D eigenvalue weighted by Crippen LogP contribution is -2.30. The Morgan fingerprint density at radius 2 is 2.06 bits per heavy atom. The second-order valence-corrected chi connectivity index (χ2v) is 8.66. The van der Waals surface area contributed by atoms with Crippen LogP contribution in [0.1, 0.15) is 29.0 Å². The largest absolute Gasteiger partial charge is 0.467 e. The molecule has 0 unspecified atom stereocenters. The lowest BCUT2D eigenvalue weighted by atomic mass is 10.1. The number of furan rings is 1. The quantitative estimate of drug-likeness (QED) is 0.290. The SMILES string of the molecule is COCCNC(=O)c1ccc2c(=O)n(Cc3ccco3)c(SCC(=O)N3CCCC3)nc2c1. The molecule has 174 valence electrons. The van der Waals surface area contributed by atoms with Gasteiger partial charge in [-0.3, -0.25) is 19.0 Å². The number of aromatic nitrogens is 2. The third-order valence-corrected chi connectivity index (χ3v) is 6.41. The van der Waals surface area contributed by atoms with Crippen molar-refractivity contribution in [2.45, 2.75) is 24.5 Å². The molecule has 10 heteroatoms. The smallest absolute Gasteiger partial charge is 0.262 e. The van der Waals surface area contributed by atoms with Gasteiger partial charge in [-0.1, -0.05) is 11.8 Å².